The van der Waals surface area contributed by atoms with Crippen molar-refractivity contribution in [2.45, 2.75) is 11.9 Å². The van der Waals surface area contributed by atoms with Gasteiger partial charge < -0.3 is 0 Å². The van der Waals surface area contributed by atoms with E-state index in [-0.39, 0.29) is 11.2 Å². The first-order valence-corrected chi connectivity index (χ1v) is 8.45. The minimum absolute atomic E-state index is 0.0303. The zero-order valence-corrected chi connectivity index (χ0v) is 14.0. The molecule has 0 N–H and O–H groups in total. The van der Waals surface area contributed by atoms with E-state index in [1.165, 1.54) is 16.3 Å². The van der Waals surface area contributed by atoms with Gasteiger partial charge in [0.15, 0.2) is 5.82 Å². The molecule has 0 aliphatic carbocycles. The molecule has 118 valence electrons. The molecule has 0 aliphatic heterocycles. The van der Waals surface area contributed by atoms with Crippen LogP contribution in [0.25, 0.3) is 22.1 Å². The number of nitrogens with zero attached hydrogens (tertiary/aromatic N) is 4. The second-order valence-corrected chi connectivity index (χ2v) is 5.89. The van der Waals surface area contributed by atoms with Gasteiger partial charge in [-0.1, -0.05) is 23.8 Å². The van der Waals surface area contributed by atoms with Crippen molar-refractivity contribution in [3.05, 3.63) is 76.0 Å². The Bertz CT molecular complexity index is 973. The van der Waals surface area contributed by atoms with E-state index in [4.69, 9.17) is 6.57 Å². The van der Waals surface area contributed by atoms with Crippen molar-refractivity contribution >= 4 is 17.4 Å². The van der Waals surface area contributed by atoms with Crippen molar-refractivity contribution in [3.8, 4) is 17.2 Å². The normalized spacial score (nSPS) is 10.4. The van der Waals surface area contributed by atoms with Crippen LogP contribution in [0, 0.1) is 13.5 Å². The highest BCUT2D eigenvalue weighted by molar-refractivity contribution is 7.98. The molecule has 0 saturated carbocycles. The Morgan fingerprint density at radius 1 is 1.17 bits per heavy atom. The summed E-state index contributed by atoms with van der Waals surface area (Å²) in [7, 11) is 0. The summed E-state index contributed by atoms with van der Waals surface area (Å²) in [6, 6.07) is 13.0. The first-order chi connectivity index (χ1) is 11.7. The third-order valence-corrected chi connectivity index (χ3v) is 4.19. The molecule has 3 aromatic rings. The molecular formula is C18H14N4OS. The lowest BCUT2D eigenvalue weighted by Gasteiger charge is -2.14. The van der Waals surface area contributed by atoms with Crippen molar-refractivity contribution < 1.29 is 0 Å². The number of aryl methyl sites for hydroxylation is 1. The molecule has 0 bridgehead atoms. The third kappa shape index (κ3) is 2.82. The van der Waals surface area contributed by atoms with Gasteiger partial charge in [0.25, 0.3) is 11.2 Å². The lowest BCUT2D eigenvalue weighted by atomic mass is 10.2. The smallest absolute Gasteiger partial charge is 0.282 e. The van der Waals surface area contributed by atoms with E-state index >= 15 is 0 Å². The summed E-state index contributed by atoms with van der Waals surface area (Å²) in [5.41, 5.74) is 1.99. The number of aromatic nitrogens is 3. The molecule has 0 atom stereocenters. The SMILES string of the molecule is [C-]#[N+]c1c(SC)nc(-c2ccccn2)n(-c2ccc(C)cc2)c1=O. The van der Waals surface area contributed by atoms with Gasteiger partial charge in [-0.3, -0.25) is 14.3 Å². The summed E-state index contributed by atoms with van der Waals surface area (Å²) in [5, 5.41) is 0.416. The number of benzene rings is 1. The van der Waals surface area contributed by atoms with E-state index in [0.717, 1.165) is 5.56 Å². The highest BCUT2D eigenvalue weighted by atomic mass is 32.2. The molecule has 5 nitrogen and oxygen atoms in total. The van der Waals surface area contributed by atoms with Gasteiger partial charge in [0, 0.05) is 11.9 Å². The van der Waals surface area contributed by atoms with Gasteiger partial charge >= 0.3 is 0 Å². The molecule has 2 aromatic heterocycles. The van der Waals surface area contributed by atoms with Gasteiger partial charge in [-0.25, -0.2) is 9.83 Å². The van der Waals surface area contributed by atoms with Gasteiger partial charge in [0.05, 0.1) is 6.57 Å². The molecule has 0 amide bonds. The average Bonchev–Trinajstić information content (AvgIpc) is 2.62. The molecular weight excluding hydrogens is 320 g/mol. The summed E-state index contributed by atoms with van der Waals surface area (Å²) in [6.07, 6.45) is 3.46. The maximum absolute atomic E-state index is 12.9. The largest absolute Gasteiger partial charge is 0.282 e. The third-order valence-electron chi connectivity index (χ3n) is 3.52. The number of pyridine rings is 1. The lowest BCUT2D eigenvalue weighted by molar-refractivity contribution is 0.907. The van der Waals surface area contributed by atoms with E-state index in [9.17, 15) is 4.79 Å². The zero-order chi connectivity index (χ0) is 17.1. The van der Waals surface area contributed by atoms with Crippen LogP contribution in [-0.2, 0) is 0 Å². The lowest BCUT2D eigenvalue weighted by Crippen LogP contribution is -2.22. The standard InChI is InChI=1S/C18H14N4OS/c1-12-7-9-13(10-8-12)22-16(14-6-4-5-11-20-14)21-17(24-3)15(19-2)18(22)23/h4-11H,1,3H3. The molecule has 0 spiro atoms. The van der Waals surface area contributed by atoms with Gasteiger partial charge in [-0.2, -0.15) is 0 Å². The molecule has 24 heavy (non-hydrogen) atoms. The van der Waals surface area contributed by atoms with Crippen LogP contribution in [0.4, 0.5) is 5.69 Å². The Hall–Kier alpha value is -2.91. The van der Waals surface area contributed by atoms with E-state index in [1.54, 1.807) is 24.6 Å². The summed E-state index contributed by atoms with van der Waals surface area (Å²) in [5.74, 6) is 0.432. The van der Waals surface area contributed by atoms with Crippen LogP contribution in [-0.4, -0.2) is 20.8 Å². The van der Waals surface area contributed by atoms with Crippen LogP contribution in [0.5, 0.6) is 0 Å². The van der Waals surface area contributed by atoms with Crippen LogP contribution in [0.3, 0.4) is 0 Å². The van der Waals surface area contributed by atoms with Crippen LogP contribution >= 0.6 is 11.8 Å². The van der Waals surface area contributed by atoms with Crippen molar-refractivity contribution in [2.75, 3.05) is 6.26 Å². The van der Waals surface area contributed by atoms with E-state index in [2.05, 4.69) is 14.8 Å². The van der Waals surface area contributed by atoms with Crippen molar-refractivity contribution in [1.29, 1.82) is 0 Å². The van der Waals surface area contributed by atoms with Crippen LogP contribution in [0.1, 0.15) is 5.56 Å². The molecule has 0 unspecified atom stereocenters. The quantitative estimate of drug-likeness (QED) is 0.414. The fourth-order valence-corrected chi connectivity index (χ4v) is 2.83. The molecule has 6 heteroatoms. The Balaban J connectivity index is 2.39. The first-order valence-electron chi connectivity index (χ1n) is 7.22. The second kappa shape index (κ2) is 6.69. The summed E-state index contributed by atoms with van der Waals surface area (Å²) < 4.78 is 1.45. The fourth-order valence-electron chi connectivity index (χ4n) is 2.33. The van der Waals surface area contributed by atoms with Crippen LogP contribution in [0.2, 0.25) is 0 Å². The van der Waals surface area contributed by atoms with Crippen molar-refractivity contribution in [1.82, 2.24) is 14.5 Å². The molecule has 0 fully saturated rings. The van der Waals surface area contributed by atoms with E-state index in [0.29, 0.717) is 22.2 Å². The van der Waals surface area contributed by atoms with Crippen LogP contribution < -0.4 is 5.56 Å². The maximum atomic E-state index is 12.9. The van der Waals surface area contributed by atoms with Gasteiger partial charge in [0.1, 0.15) is 10.7 Å². The number of thioether (sulfide) groups is 1. The molecule has 2 heterocycles. The Kier molecular flexibility index (Phi) is 4.45. The minimum atomic E-state index is -0.381. The van der Waals surface area contributed by atoms with Crippen LogP contribution in [0.15, 0.2) is 58.5 Å². The molecule has 1 aromatic carbocycles. The topological polar surface area (TPSA) is 52.1 Å². The monoisotopic (exact) mass is 334 g/mol. The molecule has 0 aliphatic rings. The second-order valence-electron chi connectivity index (χ2n) is 5.10. The highest BCUT2D eigenvalue weighted by Crippen LogP contribution is 2.27. The molecule has 3 rings (SSSR count). The highest BCUT2D eigenvalue weighted by Gasteiger charge is 2.19. The number of hydrogen-bond acceptors (Lipinski definition) is 4. The average molecular weight is 334 g/mol. The molecule has 0 saturated heterocycles. The Labute approximate surface area is 143 Å². The van der Waals surface area contributed by atoms with Crippen molar-refractivity contribution in [3.63, 3.8) is 0 Å². The number of hydrogen-bond donors (Lipinski definition) is 0. The van der Waals surface area contributed by atoms with E-state index in [1.807, 2.05) is 37.3 Å². The number of rotatable bonds is 3. The zero-order valence-electron chi connectivity index (χ0n) is 13.2. The Morgan fingerprint density at radius 2 is 1.92 bits per heavy atom. The maximum Gasteiger partial charge on any atom is 0.282 e. The predicted octanol–water partition coefficient (Wildman–Crippen LogP) is 3.88. The predicted molar refractivity (Wildman–Crippen MR) is 95.8 cm³/mol. The van der Waals surface area contributed by atoms with Gasteiger partial charge in [0.2, 0.25) is 0 Å². The minimum Gasteiger partial charge on any atom is -0.282 e. The van der Waals surface area contributed by atoms with Gasteiger partial charge in [-0.05, 0) is 37.4 Å². The fraction of sp³-hybridized carbons (Fsp3) is 0.111. The van der Waals surface area contributed by atoms with Gasteiger partial charge in [-0.15, -0.1) is 11.8 Å². The summed E-state index contributed by atoms with van der Waals surface area (Å²) >= 11 is 1.28. The van der Waals surface area contributed by atoms with E-state index < -0.39 is 0 Å². The summed E-state index contributed by atoms with van der Waals surface area (Å²) in [6.45, 7) is 9.32. The van der Waals surface area contributed by atoms with Crippen molar-refractivity contribution in [2.24, 2.45) is 0 Å². The summed E-state index contributed by atoms with van der Waals surface area (Å²) in [4.78, 5) is 25.2. The molecule has 0 radical (unpaired) electrons. The Morgan fingerprint density at radius 3 is 2.50 bits per heavy atom. The first kappa shape index (κ1) is 16.0.